The average Bonchev–Trinajstić information content (AvgIpc) is 2.00. The zero-order chi connectivity index (χ0) is 11.0. The number of ether oxygens (including phenoxy) is 1. The van der Waals surface area contributed by atoms with Crippen molar-refractivity contribution in [3.8, 4) is 0 Å². The zero-order valence-corrected chi connectivity index (χ0v) is 10.6. The first-order chi connectivity index (χ1) is 6.45. The highest BCUT2D eigenvalue weighted by molar-refractivity contribution is 9.09. The predicted octanol–water partition coefficient (Wildman–Crippen LogP) is 1.50. The van der Waals surface area contributed by atoms with Gasteiger partial charge < -0.3 is 15.4 Å². The number of alkyl halides is 1. The van der Waals surface area contributed by atoms with Crippen LogP contribution >= 0.6 is 15.9 Å². The summed E-state index contributed by atoms with van der Waals surface area (Å²) in [5.41, 5.74) is -0.423. The van der Waals surface area contributed by atoms with E-state index in [-0.39, 0.29) is 6.09 Å². The summed E-state index contributed by atoms with van der Waals surface area (Å²) >= 11 is 3.30. The molecule has 0 aromatic carbocycles. The van der Waals surface area contributed by atoms with Crippen LogP contribution in [0.3, 0.4) is 0 Å². The second-order valence-electron chi connectivity index (χ2n) is 3.87. The summed E-state index contributed by atoms with van der Waals surface area (Å²) < 4.78 is 5.06. The molecule has 0 saturated heterocycles. The number of carbonyl (C=O) groups excluding carboxylic acids is 1. The second-order valence-corrected chi connectivity index (χ2v) is 4.66. The van der Waals surface area contributed by atoms with E-state index in [4.69, 9.17) is 4.74 Å². The molecule has 4 nitrogen and oxygen atoms in total. The fourth-order valence-electron chi connectivity index (χ4n) is 0.759. The topological polar surface area (TPSA) is 50.4 Å². The third kappa shape index (κ3) is 9.80. The van der Waals surface area contributed by atoms with E-state index < -0.39 is 5.60 Å². The molecule has 14 heavy (non-hydrogen) atoms. The molecule has 2 N–H and O–H groups in total. The number of hydrogen-bond donors (Lipinski definition) is 2. The van der Waals surface area contributed by atoms with E-state index in [1.54, 1.807) is 0 Å². The minimum Gasteiger partial charge on any atom is -0.444 e. The van der Waals surface area contributed by atoms with Crippen LogP contribution in [0.15, 0.2) is 0 Å². The van der Waals surface area contributed by atoms with Gasteiger partial charge in [-0.25, -0.2) is 4.79 Å². The first-order valence-corrected chi connectivity index (χ1v) is 5.81. The molecule has 0 aliphatic rings. The Hall–Kier alpha value is -0.290. The van der Waals surface area contributed by atoms with E-state index in [0.29, 0.717) is 6.54 Å². The monoisotopic (exact) mass is 266 g/mol. The highest BCUT2D eigenvalue weighted by Gasteiger charge is 2.15. The molecule has 0 bridgehead atoms. The molecule has 0 aliphatic heterocycles. The Bertz CT molecular complexity index is 169. The number of alkyl carbamates (subject to hydrolysis) is 1. The summed E-state index contributed by atoms with van der Waals surface area (Å²) in [5.74, 6) is 0. The smallest absolute Gasteiger partial charge is 0.407 e. The van der Waals surface area contributed by atoms with Gasteiger partial charge in [0.1, 0.15) is 5.60 Å². The van der Waals surface area contributed by atoms with E-state index in [1.807, 2.05) is 20.8 Å². The van der Waals surface area contributed by atoms with Gasteiger partial charge in [-0.3, -0.25) is 0 Å². The van der Waals surface area contributed by atoms with Gasteiger partial charge in [0.15, 0.2) is 0 Å². The molecule has 5 heteroatoms. The van der Waals surface area contributed by atoms with Crippen molar-refractivity contribution in [1.82, 2.24) is 10.6 Å². The van der Waals surface area contributed by atoms with Crippen molar-refractivity contribution >= 4 is 22.0 Å². The third-order valence-electron chi connectivity index (χ3n) is 1.24. The van der Waals surface area contributed by atoms with Gasteiger partial charge in [-0.1, -0.05) is 15.9 Å². The van der Waals surface area contributed by atoms with Crippen LogP contribution in [-0.4, -0.2) is 36.7 Å². The molecule has 0 heterocycles. The highest BCUT2D eigenvalue weighted by atomic mass is 79.9. The average molecular weight is 267 g/mol. The van der Waals surface area contributed by atoms with Gasteiger partial charge in [0.05, 0.1) is 0 Å². The van der Waals surface area contributed by atoms with Crippen molar-refractivity contribution in [3.05, 3.63) is 0 Å². The van der Waals surface area contributed by atoms with Gasteiger partial charge in [0.2, 0.25) is 0 Å². The van der Waals surface area contributed by atoms with Crippen molar-refractivity contribution in [1.29, 1.82) is 0 Å². The highest BCUT2D eigenvalue weighted by Crippen LogP contribution is 2.05. The molecular weight excluding hydrogens is 248 g/mol. The van der Waals surface area contributed by atoms with Crippen molar-refractivity contribution < 1.29 is 9.53 Å². The molecule has 0 aromatic heterocycles. The Morgan fingerprint density at radius 3 is 2.43 bits per heavy atom. The van der Waals surface area contributed by atoms with Crippen LogP contribution < -0.4 is 10.6 Å². The molecule has 0 rings (SSSR count). The Kier molecular flexibility index (Phi) is 6.92. The minimum absolute atomic E-state index is 0.363. The van der Waals surface area contributed by atoms with Crippen LogP contribution in [0, 0.1) is 0 Å². The van der Waals surface area contributed by atoms with Crippen LogP contribution in [0.2, 0.25) is 0 Å². The minimum atomic E-state index is -0.423. The fourth-order valence-corrected chi connectivity index (χ4v) is 1.04. The van der Waals surface area contributed by atoms with Gasteiger partial charge in [-0.15, -0.1) is 0 Å². The van der Waals surface area contributed by atoms with Crippen molar-refractivity contribution in [3.63, 3.8) is 0 Å². The summed E-state index contributed by atoms with van der Waals surface area (Å²) in [6.07, 6.45) is -0.363. The van der Waals surface area contributed by atoms with E-state index in [1.165, 1.54) is 0 Å². The maximum absolute atomic E-state index is 11.1. The number of rotatable bonds is 5. The summed E-state index contributed by atoms with van der Waals surface area (Å²) in [6, 6.07) is 0. The molecule has 0 atom stereocenters. The standard InChI is InChI=1S/C9H19BrN2O2/c1-9(2,3)14-8(13)12-7-6-11-5-4-10/h11H,4-7H2,1-3H3,(H,12,13). The molecule has 1 amide bonds. The number of amides is 1. The molecule has 84 valence electrons. The maximum Gasteiger partial charge on any atom is 0.407 e. The van der Waals surface area contributed by atoms with Gasteiger partial charge in [-0.2, -0.15) is 0 Å². The van der Waals surface area contributed by atoms with Crippen LogP contribution in [-0.2, 0) is 4.74 Å². The van der Waals surface area contributed by atoms with Crippen LogP contribution in [0.25, 0.3) is 0 Å². The van der Waals surface area contributed by atoms with Crippen molar-refractivity contribution in [2.75, 3.05) is 25.0 Å². The first kappa shape index (κ1) is 13.7. The molecule has 0 aromatic rings. The normalized spacial score (nSPS) is 11.1. The number of halogens is 1. The lowest BCUT2D eigenvalue weighted by Gasteiger charge is -2.19. The van der Waals surface area contributed by atoms with Crippen LogP contribution in [0.5, 0.6) is 0 Å². The summed E-state index contributed by atoms with van der Waals surface area (Å²) in [7, 11) is 0. The van der Waals surface area contributed by atoms with Gasteiger partial charge >= 0.3 is 6.09 Å². The van der Waals surface area contributed by atoms with E-state index in [0.717, 1.165) is 18.4 Å². The molecule has 0 saturated carbocycles. The number of hydrogen-bond acceptors (Lipinski definition) is 3. The Morgan fingerprint density at radius 1 is 1.29 bits per heavy atom. The van der Waals surface area contributed by atoms with Crippen molar-refractivity contribution in [2.24, 2.45) is 0 Å². The lowest BCUT2D eigenvalue weighted by atomic mass is 10.2. The van der Waals surface area contributed by atoms with Crippen LogP contribution in [0.4, 0.5) is 4.79 Å². The van der Waals surface area contributed by atoms with E-state index in [9.17, 15) is 4.79 Å². The lowest BCUT2D eigenvalue weighted by Crippen LogP contribution is -2.36. The quantitative estimate of drug-likeness (QED) is 0.586. The molecule has 0 radical (unpaired) electrons. The second kappa shape index (κ2) is 7.06. The number of carbonyl (C=O) groups is 1. The molecular formula is C9H19BrN2O2. The fraction of sp³-hybridized carbons (Fsp3) is 0.889. The predicted molar refractivity (Wildman–Crippen MR) is 60.9 cm³/mol. The largest absolute Gasteiger partial charge is 0.444 e. The summed E-state index contributed by atoms with van der Waals surface area (Å²) in [4.78, 5) is 11.1. The summed E-state index contributed by atoms with van der Waals surface area (Å²) in [5, 5.41) is 6.71. The Labute approximate surface area is 93.9 Å². The SMILES string of the molecule is CC(C)(C)OC(=O)NCCNCCBr. The van der Waals surface area contributed by atoms with E-state index >= 15 is 0 Å². The first-order valence-electron chi connectivity index (χ1n) is 4.69. The summed E-state index contributed by atoms with van der Waals surface area (Å²) in [6.45, 7) is 7.77. The van der Waals surface area contributed by atoms with Crippen LogP contribution in [0.1, 0.15) is 20.8 Å². The molecule has 0 spiro atoms. The lowest BCUT2D eigenvalue weighted by molar-refractivity contribution is 0.0528. The zero-order valence-electron chi connectivity index (χ0n) is 9.02. The molecule has 0 aliphatic carbocycles. The molecule has 0 unspecified atom stereocenters. The Morgan fingerprint density at radius 2 is 1.93 bits per heavy atom. The maximum atomic E-state index is 11.1. The van der Waals surface area contributed by atoms with Crippen molar-refractivity contribution in [2.45, 2.75) is 26.4 Å². The number of nitrogens with one attached hydrogen (secondary N) is 2. The van der Waals surface area contributed by atoms with Gasteiger partial charge in [-0.05, 0) is 20.8 Å². The van der Waals surface area contributed by atoms with E-state index in [2.05, 4.69) is 26.6 Å². The van der Waals surface area contributed by atoms with Gasteiger partial charge in [0.25, 0.3) is 0 Å². The third-order valence-corrected chi connectivity index (χ3v) is 1.64. The Balaban J connectivity index is 3.36. The van der Waals surface area contributed by atoms with Gasteiger partial charge in [0, 0.05) is 25.0 Å². The molecule has 0 fully saturated rings.